The van der Waals surface area contributed by atoms with E-state index in [1.807, 2.05) is 19.1 Å². The van der Waals surface area contributed by atoms with Crippen LogP contribution in [0.15, 0.2) is 18.2 Å². The van der Waals surface area contributed by atoms with Crippen molar-refractivity contribution in [2.45, 2.75) is 66.5 Å². The van der Waals surface area contributed by atoms with Gasteiger partial charge in [-0.1, -0.05) is 20.3 Å². The zero-order valence-corrected chi connectivity index (χ0v) is 14.4. The van der Waals surface area contributed by atoms with Crippen molar-refractivity contribution in [3.63, 3.8) is 0 Å². The molecule has 1 aromatic heterocycles. The normalized spacial score (nSPS) is 12.6. The number of Topliss-reactive ketones (excluding diaryl/α,β-unsaturated/α-hetero) is 1. The van der Waals surface area contributed by atoms with Gasteiger partial charge >= 0.3 is 0 Å². The topological polar surface area (TPSA) is 31.2 Å². The monoisotopic (exact) mass is 301 g/mol. The second-order valence-electron chi connectivity index (χ2n) is 6.04. The molecule has 1 unspecified atom stereocenters. The van der Waals surface area contributed by atoms with Crippen LogP contribution < -0.4 is 4.74 Å². The summed E-state index contributed by atoms with van der Waals surface area (Å²) in [6, 6.07) is 6.12. The number of unbranched alkanes of at least 4 members (excludes halogenated alkanes) is 1. The van der Waals surface area contributed by atoms with E-state index in [0.29, 0.717) is 0 Å². The fourth-order valence-electron chi connectivity index (χ4n) is 2.90. The molecule has 0 fully saturated rings. The molecule has 0 radical (unpaired) electrons. The Morgan fingerprint density at radius 3 is 2.64 bits per heavy atom. The van der Waals surface area contributed by atoms with Crippen LogP contribution in [0.4, 0.5) is 0 Å². The van der Waals surface area contributed by atoms with Crippen LogP contribution in [0.3, 0.4) is 0 Å². The van der Waals surface area contributed by atoms with E-state index in [0.717, 1.165) is 53.7 Å². The number of aromatic nitrogens is 1. The Morgan fingerprint density at radius 1 is 1.32 bits per heavy atom. The summed E-state index contributed by atoms with van der Waals surface area (Å²) >= 11 is 0. The van der Waals surface area contributed by atoms with Crippen molar-refractivity contribution in [1.29, 1.82) is 0 Å². The predicted molar refractivity (Wildman–Crippen MR) is 92.0 cm³/mol. The molecule has 0 N–H and O–H groups in total. The van der Waals surface area contributed by atoms with E-state index in [1.165, 1.54) is 0 Å². The number of hydrogen-bond acceptors (Lipinski definition) is 2. The number of ether oxygens (including phenoxy) is 1. The average Bonchev–Trinajstić information content (AvgIpc) is 2.76. The van der Waals surface area contributed by atoms with Gasteiger partial charge in [0.15, 0.2) is 5.78 Å². The maximum absolute atomic E-state index is 12.1. The van der Waals surface area contributed by atoms with Crippen molar-refractivity contribution in [3.8, 4) is 5.75 Å². The molecular weight excluding hydrogens is 274 g/mol. The van der Waals surface area contributed by atoms with Gasteiger partial charge in [0.2, 0.25) is 0 Å². The van der Waals surface area contributed by atoms with E-state index in [-0.39, 0.29) is 11.9 Å². The molecule has 1 aromatic carbocycles. The molecule has 1 heterocycles. The molecular formula is C19H27NO2. The van der Waals surface area contributed by atoms with Gasteiger partial charge in [-0.25, -0.2) is 0 Å². The molecule has 120 valence electrons. The second kappa shape index (κ2) is 6.99. The molecule has 22 heavy (non-hydrogen) atoms. The van der Waals surface area contributed by atoms with Gasteiger partial charge in [-0.2, -0.15) is 0 Å². The standard InChI is InChI=1S/C19H27NO2/c1-6-8-11-20-14(4)19(15(5)21)17-12-16(9-10-18(17)20)22-13(3)7-2/h9-10,12-13H,6-8,11H2,1-5H3. The number of nitrogens with zero attached hydrogens (tertiary/aromatic N) is 1. The predicted octanol–water partition coefficient (Wildman–Crippen LogP) is 5.13. The SMILES string of the molecule is CCCCn1c(C)c(C(C)=O)c2cc(OC(C)CC)ccc21. The van der Waals surface area contributed by atoms with Gasteiger partial charge in [-0.3, -0.25) is 4.79 Å². The highest BCUT2D eigenvalue weighted by atomic mass is 16.5. The lowest BCUT2D eigenvalue weighted by atomic mass is 10.1. The smallest absolute Gasteiger partial charge is 0.162 e. The molecule has 0 saturated heterocycles. The molecule has 3 nitrogen and oxygen atoms in total. The summed E-state index contributed by atoms with van der Waals surface area (Å²) in [5, 5.41) is 1.02. The van der Waals surface area contributed by atoms with Crippen LogP contribution in [0.2, 0.25) is 0 Å². The Kier molecular flexibility index (Phi) is 5.28. The maximum atomic E-state index is 12.1. The lowest BCUT2D eigenvalue weighted by molar-refractivity contribution is 0.101. The quantitative estimate of drug-likeness (QED) is 0.664. The lowest BCUT2D eigenvalue weighted by Crippen LogP contribution is -2.09. The van der Waals surface area contributed by atoms with Gasteiger partial charge in [-0.05, 0) is 51.8 Å². The molecule has 0 amide bonds. The van der Waals surface area contributed by atoms with Crippen LogP contribution in [0.1, 0.15) is 63.0 Å². The number of ketones is 1. The van der Waals surface area contributed by atoms with E-state index in [2.05, 4.69) is 31.4 Å². The molecule has 0 aliphatic carbocycles. The van der Waals surface area contributed by atoms with Crippen molar-refractivity contribution in [3.05, 3.63) is 29.5 Å². The zero-order chi connectivity index (χ0) is 16.3. The summed E-state index contributed by atoms with van der Waals surface area (Å²) in [6.45, 7) is 11.0. The third kappa shape index (κ3) is 3.18. The summed E-state index contributed by atoms with van der Waals surface area (Å²) in [5.41, 5.74) is 3.03. The summed E-state index contributed by atoms with van der Waals surface area (Å²) < 4.78 is 8.18. The van der Waals surface area contributed by atoms with Gasteiger partial charge in [0, 0.05) is 28.7 Å². The molecule has 2 aromatic rings. The Bertz CT molecular complexity index is 670. The second-order valence-corrected chi connectivity index (χ2v) is 6.04. The van der Waals surface area contributed by atoms with Crippen LogP contribution in [-0.2, 0) is 6.54 Å². The number of carbonyl (C=O) groups is 1. The van der Waals surface area contributed by atoms with Crippen LogP contribution in [0, 0.1) is 6.92 Å². The number of carbonyl (C=O) groups excluding carboxylic acids is 1. The molecule has 1 atom stereocenters. The van der Waals surface area contributed by atoms with Crippen LogP contribution in [0.5, 0.6) is 5.75 Å². The van der Waals surface area contributed by atoms with Crippen LogP contribution in [-0.4, -0.2) is 16.5 Å². The molecule has 0 saturated carbocycles. The van der Waals surface area contributed by atoms with E-state index >= 15 is 0 Å². The number of fused-ring (bicyclic) bond motifs is 1. The molecule has 0 aliphatic rings. The highest BCUT2D eigenvalue weighted by Crippen LogP contribution is 2.30. The third-order valence-electron chi connectivity index (χ3n) is 4.29. The molecule has 0 aliphatic heterocycles. The average molecular weight is 301 g/mol. The zero-order valence-electron chi connectivity index (χ0n) is 14.4. The van der Waals surface area contributed by atoms with Gasteiger partial charge < -0.3 is 9.30 Å². The molecule has 0 bridgehead atoms. The highest BCUT2D eigenvalue weighted by Gasteiger charge is 2.18. The third-order valence-corrected chi connectivity index (χ3v) is 4.29. The van der Waals surface area contributed by atoms with E-state index in [4.69, 9.17) is 4.74 Å². The highest BCUT2D eigenvalue weighted by molar-refractivity contribution is 6.08. The minimum atomic E-state index is 0.124. The van der Waals surface area contributed by atoms with E-state index in [1.54, 1.807) is 6.92 Å². The fourth-order valence-corrected chi connectivity index (χ4v) is 2.90. The van der Waals surface area contributed by atoms with Crippen molar-refractivity contribution < 1.29 is 9.53 Å². The first kappa shape index (κ1) is 16.6. The minimum Gasteiger partial charge on any atom is -0.491 e. The summed E-state index contributed by atoms with van der Waals surface area (Å²) in [7, 11) is 0. The minimum absolute atomic E-state index is 0.124. The summed E-state index contributed by atoms with van der Waals surface area (Å²) in [6.07, 6.45) is 3.41. The molecule has 3 heteroatoms. The van der Waals surface area contributed by atoms with Gasteiger partial charge in [0.25, 0.3) is 0 Å². The number of rotatable bonds is 7. The lowest BCUT2D eigenvalue weighted by Gasteiger charge is -2.13. The van der Waals surface area contributed by atoms with Crippen molar-refractivity contribution in [1.82, 2.24) is 4.57 Å². The van der Waals surface area contributed by atoms with Gasteiger partial charge in [0.1, 0.15) is 5.75 Å². The number of hydrogen-bond donors (Lipinski definition) is 0. The Hall–Kier alpha value is -1.77. The van der Waals surface area contributed by atoms with E-state index < -0.39 is 0 Å². The summed E-state index contributed by atoms with van der Waals surface area (Å²) in [4.78, 5) is 12.1. The number of aryl methyl sites for hydroxylation is 1. The van der Waals surface area contributed by atoms with Gasteiger partial charge in [-0.15, -0.1) is 0 Å². The van der Waals surface area contributed by atoms with E-state index in [9.17, 15) is 4.79 Å². The fraction of sp³-hybridized carbons (Fsp3) is 0.526. The van der Waals surface area contributed by atoms with Crippen LogP contribution in [0.25, 0.3) is 10.9 Å². The Labute approximate surface area is 133 Å². The van der Waals surface area contributed by atoms with Crippen molar-refractivity contribution in [2.75, 3.05) is 0 Å². The maximum Gasteiger partial charge on any atom is 0.162 e. The van der Waals surface area contributed by atoms with Gasteiger partial charge in [0.05, 0.1) is 6.10 Å². The number of benzene rings is 1. The first-order valence-corrected chi connectivity index (χ1v) is 8.30. The Morgan fingerprint density at radius 2 is 2.05 bits per heavy atom. The van der Waals surface area contributed by atoms with Crippen LogP contribution >= 0.6 is 0 Å². The molecule has 0 spiro atoms. The molecule has 2 rings (SSSR count). The first-order valence-electron chi connectivity index (χ1n) is 8.30. The first-order chi connectivity index (χ1) is 10.5. The van der Waals surface area contributed by atoms with Crippen molar-refractivity contribution >= 4 is 16.7 Å². The largest absolute Gasteiger partial charge is 0.491 e. The summed E-state index contributed by atoms with van der Waals surface area (Å²) in [5.74, 6) is 0.968. The van der Waals surface area contributed by atoms with Crippen molar-refractivity contribution in [2.24, 2.45) is 0 Å². The Balaban J connectivity index is 2.54.